The van der Waals surface area contributed by atoms with Crippen molar-refractivity contribution in [1.82, 2.24) is 5.32 Å². The first kappa shape index (κ1) is 16.2. The Balaban J connectivity index is 2.54. The fourth-order valence-corrected chi connectivity index (χ4v) is 2.56. The van der Waals surface area contributed by atoms with Gasteiger partial charge in [-0.1, -0.05) is 83.2 Å². The zero-order valence-corrected chi connectivity index (χ0v) is 13.0. The van der Waals surface area contributed by atoms with Gasteiger partial charge in [-0.3, -0.25) is 0 Å². The molecule has 1 heteroatoms. The maximum absolute atomic E-state index is 3.80. The van der Waals surface area contributed by atoms with Gasteiger partial charge in [-0.2, -0.15) is 0 Å². The van der Waals surface area contributed by atoms with Crippen molar-refractivity contribution in [3.8, 4) is 0 Å². The molecular weight excluding hydrogens is 230 g/mol. The number of hydrogen-bond donors (Lipinski definition) is 1. The third-order valence-corrected chi connectivity index (χ3v) is 4.11. The van der Waals surface area contributed by atoms with E-state index in [0.717, 1.165) is 12.5 Å². The van der Waals surface area contributed by atoms with Gasteiger partial charge < -0.3 is 5.32 Å². The Labute approximate surface area is 119 Å². The maximum atomic E-state index is 3.80. The lowest BCUT2D eigenvalue weighted by atomic mass is 9.98. The monoisotopic (exact) mass is 261 g/mol. The largest absolute Gasteiger partial charge is 0.310 e. The van der Waals surface area contributed by atoms with Gasteiger partial charge in [0.2, 0.25) is 0 Å². The van der Waals surface area contributed by atoms with Crippen molar-refractivity contribution in [3.63, 3.8) is 0 Å². The SMILES string of the molecule is CCCCCC(NCC(CC)CC)c1ccccc1. The summed E-state index contributed by atoms with van der Waals surface area (Å²) in [6.45, 7) is 8.02. The van der Waals surface area contributed by atoms with Gasteiger partial charge in [0.15, 0.2) is 0 Å². The number of rotatable bonds is 10. The highest BCUT2D eigenvalue weighted by atomic mass is 14.9. The summed E-state index contributed by atoms with van der Waals surface area (Å²) in [5, 5.41) is 3.80. The Kier molecular flexibility index (Phi) is 8.57. The number of nitrogens with one attached hydrogen (secondary N) is 1. The molecule has 19 heavy (non-hydrogen) atoms. The summed E-state index contributed by atoms with van der Waals surface area (Å²) in [7, 11) is 0. The Morgan fingerprint density at radius 2 is 1.63 bits per heavy atom. The molecule has 1 atom stereocenters. The van der Waals surface area contributed by atoms with Crippen LogP contribution in [0.4, 0.5) is 0 Å². The van der Waals surface area contributed by atoms with Crippen molar-refractivity contribution in [3.05, 3.63) is 35.9 Å². The van der Waals surface area contributed by atoms with Crippen LogP contribution in [0.1, 0.15) is 70.9 Å². The van der Waals surface area contributed by atoms with Crippen LogP contribution in [0.25, 0.3) is 0 Å². The zero-order valence-electron chi connectivity index (χ0n) is 13.0. The predicted octanol–water partition coefficient (Wildman–Crippen LogP) is 5.33. The Morgan fingerprint density at radius 3 is 2.21 bits per heavy atom. The van der Waals surface area contributed by atoms with Crippen LogP contribution in [0, 0.1) is 5.92 Å². The van der Waals surface area contributed by atoms with Crippen molar-refractivity contribution in [1.29, 1.82) is 0 Å². The van der Waals surface area contributed by atoms with Gasteiger partial charge >= 0.3 is 0 Å². The van der Waals surface area contributed by atoms with E-state index < -0.39 is 0 Å². The molecule has 0 saturated carbocycles. The van der Waals surface area contributed by atoms with Crippen molar-refractivity contribution in [2.45, 2.75) is 65.3 Å². The minimum absolute atomic E-state index is 0.536. The van der Waals surface area contributed by atoms with Crippen molar-refractivity contribution in [2.75, 3.05) is 6.54 Å². The van der Waals surface area contributed by atoms with Crippen molar-refractivity contribution >= 4 is 0 Å². The van der Waals surface area contributed by atoms with E-state index in [1.165, 1.54) is 44.1 Å². The molecule has 0 heterocycles. The fraction of sp³-hybridized carbons (Fsp3) is 0.667. The third kappa shape index (κ3) is 6.24. The van der Waals surface area contributed by atoms with E-state index in [-0.39, 0.29) is 0 Å². The molecule has 0 aliphatic heterocycles. The van der Waals surface area contributed by atoms with Gasteiger partial charge in [-0.25, -0.2) is 0 Å². The quantitative estimate of drug-likeness (QED) is 0.561. The van der Waals surface area contributed by atoms with Crippen LogP contribution in [0.2, 0.25) is 0 Å². The number of hydrogen-bond acceptors (Lipinski definition) is 1. The molecule has 0 fully saturated rings. The van der Waals surface area contributed by atoms with E-state index in [9.17, 15) is 0 Å². The topological polar surface area (TPSA) is 12.0 Å². The predicted molar refractivity (Wildman–Crippen MR) is 85.4 cm³/mol. The first-order valence-corrected chi connectivity index (χ1v) is 8.10. The molecule has 1 nitrogen and oxygen atoms in total. The van der Waals surface area contributed by atoms with Crippen LogP contribution in [-0.4, -0.2) is 6.54 Å². The second-order valence-electron chi connectivity index (χ2n) is 5.55. The minimum atomic E-state index is 0.536. The molecule has 0 spiro atoms. The summed E-state index contributed by atoms with van der Waals surface area (Å²) in [5.41, 5.74) is 1.45. The normalized spacial score (nSPS) is 12.8. The Bertz CT molecular complexity index is 303. The number of benzene rings is 1. The zero-order chi connectivity index (χ0) is 13.9. The van der Waals surface area contributed by atoms with Gasteiger partial charge in [0.25, 0.3) is 0 Å². The summed E-state index contributed by atoms with van der Waals surface area (Å²) >= 11 is 0. The summed E-state index contributed by atoms with van der Waals surface area (Å²) < 4.78 is 0. The van der Waals surface area contributed by atoms with Crippen LogP contribution >= 0.6 is 0 Å². The van der Waals surface area contributed by atoms with Crippen LogP contribution in [0.5, 0.6) is 0 Å². The Hall–Kier alpha value is -0.820. The first-order valence-electron chi connectivity index (χ1n) is 8.10. The van der Waals surface area contributed by atoms with E-state index in [0.29, 0.717) is 6.04 Å². The molecule has 0 aromatic heterocycles. The summed E-state index contributed by atoms with van der Waals surface area (Å²) in [6.07, 6.45) is 7.79. The molecular formula is C18H31N. The molecule has 0 bridgehead atoms. The molecule has 0 saturated heterocycles. The highest BCUT2D eigenvalue weighted by molar-refractivity contribution is 5.18. The first-order chi connectivity index (χ1) is 9.31. The van der Waals surface area contributed by atoms with Gasteiger partial charge in [0.1, 0.15) is 0 Å². The van der Waals surface area contributed by atoms with E-state index >= 15 is 0 Å². The molecule has 1 aromatic carbocycles. The van der Waals surface area contributed by atoms with Gasteiger partial charge in [-0.05, 0) is 24.4 Å². The average molecular weight is 261 g/mol. The van der Waals surface area contributed by atoms with Crippen molar-refractivity contribution in [2.24, 2.45) is 5.92 Å². The second kappa shape index (κ2) is 10.0. The molecule has 0 aliphatic rings. The molecule has 0 radical (unpaired) electrons. The third-order valence-electron chi connectivity index (χ3n) is 4.11. The highest BCUT2D eigenvalue weighted by Gasteiger charge is 2.12. The minimum Gasteiger partial charge on any atom is -0.310 e. The van der Waals surface area contributed by atoms with E-state index in [1.807, 2.05) is 0 Å². The lowest BCUT2D eigenvalue weighted by molar-refractivity contribution is 0.393. The average Bonchev–Trinajstić information content (AvgIpc) is 2.47. The molecule has 108 valence electrons. The van der Waals surface area contributed by atoms with E-state index in [1.54, 1.807) is 0 Å². The Morgan fingerprint density at radius 1 is 0.947 bits per heavy atom. The van der Waals surface area contributed by atoms with Gasteiger partial charge in [-0.15, -0.1) is 0 Å². The standard InChI is InChI=1S/C18H31N/c1-4-7-9-14-18(17-12-10-8-11-13-17)19-15-16(5-2)6-3/h8,10-13,16,18-19H,4-7,9,14-15H2,1-3H3. The van der Waals surface area contributed by atoms with Crippen LogP contribution in [0.15, 0.2) is 30.3 Å². The van der Waals surface area contributed by atoms with Gasteiger partial charge in [0.05, 0.1) is 0 Å². The molecule has 1 N–H and O–H groups in total. The molecule has 1 unspecified atom stereocenters. The van der Waals surface area contributed by atoms with E-state index in [4.69, 9.17) is 0 Å². The fourth-order valence-electron chi connectivity index (χ4n) is 2.56. The molecule has 0 aliphatic carbocycles. The number of unbranched alkanes of at least 4 members (excludes halogenated alkanes) is 2. The maximum Gasteiger partial charge on any atom is 0.0320 e. The lowest BCUT2D eigenvalue weighted by Gasteiger charge is -2.22. The van der Waals surface area contributed by atoms with E-state index in [2.05, 4.69) is 56.4 Å². The van der Waals surface area contributed by atoms with Crippen LogP contribution in [-0.2, 0) is 0 Å². The van der Waals surface area contributed by atoms with Crippen LogP contribution < -0.4 is 5.32 Å². The molecule has 1 rings (SSSR count). The second-order valence-corrected chi connectivity index (χ2v) is 5.55. The molecule has 0 amide bonds. The molecule has 1 aromatic rings. The summed E-state index contributed by atoms with van der Waals surface area (Å²) in [5.74, 6) is 0.817. The van der Waals surface area contributed by atoms with Crippen molar-refractivity contribution < 1.29 is 0 Å². The smallest absolute Gasteiger partial charge is 0.0320 e. The van der Waals surface area contributed by atoms with Crippen LogP contribution in [0.3, 0.4) is 0 Å². The van der Waals surface area contributed by atoms with Gasteiger partial charge in [0, 0.05) is 6.04 Å². The lowest BCUT2D eigenvalue weighted by Crippen LogP contribution is -2.27. The summed E-state index contributed by atoms with van der Waals surface area (Å²) in [6, 6.07) is 11.5. The summed E-state index contributed by atoms with van der Waals surface area (Å²) in [4.78, 5) is 0. The highest BCUT2D eigenvalue weighted by Crippen LogP contribution is 2.20.